The number of benzene rings is 1. The zero-order valence-corrected chi connectivity index (χ0v) is 14.0. The van der Waals surface area contributed by atoms with Crippen molar-refractivity contribution >= 4 is 29.9 Å². The van der Waals surface area contributed by atoms with E-state index in [-0.39, 0.29) is 24.2 Å². The minimum atomic E-state index is 0. The van der Waals surface area contributed by atoms with Gasteiger partial charge in [0, 0.05) is 30.1 Å². The van der Waals surface area contributed by atoms with Crippen LogP contribution < -0.4 is 10.6 Å². The van der Waals surface area contributed by atoms with Crippen LogP contribution in [0.2, 0.25) is 5.02 Å². The lowest BCUT2D eigenvalue weighted by Crippen LogP contribution is -2.33. The molecule has 2 aromatic rings. The van der Waals surface area contributed by atoms with Crippen LogP contribution in [-0.4, -0.2) is 35.7 Å². The zero-order chi connectivity index (χ0) is 15.4. The molecule has 1 atom stereocenters. The molecule has 0 saturated carbocycles. The highest BCUT2D eigenvalue weighted by atomic mass is 35.5. The summed E-state index contributed by atoms with van der Waals surface area (Å²) < 4.78 is 5.20. The van der Waals surface area contributed by atoms with Crippen LogP contribution in [0.25, 0.3) is 11.4 Å². The second kappa shape index (κ2) is 8.29. The van der Waals surface area contributed by atoms with Crippen LogP contribution in [0.5, 0.6) is 0 Å². The van der Waals surface area contributed by atoms with Crippen LogP contribution in [0.15, 0.2) is 28.8 Å². The average molecular weight is 357 g/mol. The van der Waals surface area contributed by atoms with Crippen LogP contribution >= 0.6 is 24.0 Å². The van der Waals surface area contributed by atoms with E-state index >= 15 is 0 Å². The maximum atomic E-state index is 11.9. The van der Waals surface area contributed by atoms with Crippen LogP contribution in [0.1, 0.15) is 12.3 Å². The predicted octanol–water partition coefficient (Wildman–Crippen LogP) is 2.08. The van der Waals surface area contributed by atoms with Gasteiger partial charge < -0.3 is 15.2 Å². The van der Waals surface area contributed by atoms with Gasteiger partial charge in [-0.3, -0.25) is 4.79 Å². The van der Waals surface area contributed by atoms with Gasteiger partial charge in [0.05, 0.1) is 5.92 Å². The quantitative estimate of drug-likeness (QED) is 0.857. The standard InChI is InChI=1S/C15H17ClN4O2.ClH/c16-12-3-1-2-10(8-12)14-19-13(22-20-14)5-7-18-15(21)11-4-6-17-9-11;/h1-3,8,11,17H,4-7,9H2,(H,18,21);1H. The molecule has 0 spiro atoms. The van der Waals surface area contributed by atoms with Crippen LogP contribution in [-0.2, 0) is 11.2 Å². The van der Waals surface area contributed by atoms with Crippen molar-refractivity contribution in [3.8, 4) is 11.4 Å². The van der Waals surface area contributed by atoms with Gasteiger partial charge in [0.2, 0.25) is 17.6 Å². The third-order valence-electron chi connectivity index (χ3n) is 3.62. The Morgan fingerprint density at radius 2 is 2.35 bits per heavy atom. The monoisotopic (exact) mass is 356 g/mol. The van der Waals surface area contributed by atoms with Gasteiger partial charge >= 0.3 is 0 Å². The lowest BCUT2D eigenvalue weighted by Gasteiger charge is -2.08. The number of carbonyl (C=O) groups excluding carboxylic acids is 1. The molecule has 1 aliphatic heterocycles. The molecule has 3 rings (SSSR count). The molecule has 1 aliphatic rings. The Balaban J connectivity index is 0.00000192. The molecular weight excluding hydrogens is 339 g/mol. The fraction of sp³-hybridized carbons (Fsp3) is 0.400. The molecule has 1 fully saturated rings. The smallest absolute Gasteiger partial charge is 0.228 e. The fourth-order valence-electron chi connectivity index (χ4n) is 2.42. The van der Waals surface area contributed by atoms with Gasteiger partial charge in [0.25, 0.3) is 0 Å². The Labute approximate surface area is 145 Å². The summed E-state index contributed by atoms with van der Waals surface area (Å²) in [4.78, 5) is 16.2. The van der Waals surface area contributed by atoms with Gasteiger partial charge in [-0.15, -0.1) is 12.4 Å². The molecule has 2 N–H and O–H groups in total. The summed E-state index contributed by atoms with van der Waals surface area (Å²) in [5.41, 5.74) is 0.809. The lowest BCUT2D eigenvalue weighted by molar-refractivity contribution is -0.124. The van der Waals surface area contributed by atoms with Crippen molar-refractivity contribution in [3.05, 3.63) is 35.2 Å². The molecule has 1 aromatic heterocycles. The largest absolute Gasteiger partial charge is 0.355 e. The number of halogens is 2. The van der Waals surface area contributed by atoms with Crippen LogP contribution in [0.4, 0.5) is 0 Å². The number of amides is 1. The number of nitrogens with zero attached hydrogens (tertiary/aromatic N) is 2. The third-order valence-corrected chi connectivity index (χ3v) is 3.86. The highest BCUT2D eigenvalue weighted by molar-refractivity contribution is 6.30. The van der Waals surface area contributed by atoms with E-state index in [1.54, 1.807) is 12.1 Å². The Bertz CT molecular complexity index is 656. The molecular formula is C15H18Cl2N4O2. The van der Waals surface area contributed by atoms with Gasteiger partial charge in [0.1, 0.15) is 0 Å². The molecule has 1 aromatic carbocycles. The molecule has 23 heavy (non-hydrogen) atoms. The number of aromatic nitrogens is 2. The molecule has 1 unspecified atom stereocenters. The summed E-state index contributed by atoms with van der Waals surface area (Å²) in [6.45, 7) is 2.16. The van der Waals surface area contributed by atoms with E-state index in [4.69, 9.17) is 16.1 Å². The molecule has 0 radical (unpaired) electrons. The molecule has 2 heterocycles. The van der Waals surface area contributed by atoms with Crippen molar-refractivity contribution in [1.29, 1.82) is 0 Å². The summed E-state index contributed by atoms with van der Waals surface area (Å²) in [5, 5.41) is 10.6. The van der Waals surface area contributed by atoms with Gasteiger partial charge in [-0.2, -0.15) is 4.98 Å². The summed E-state index contributed by atoms with van der Waals surface area (Å²) in [6.07, 6.45) is 1.41. The first-order valence-corrected chi connectivity index (χ1v) is 7.67. The van der Waals surface area contributed by atoms with Crippen molar-refractivity contribution in [2.45, 2.75) is 12.8 Å². The second-order valence-corrected chi connectivity index (χ2v) is 5.69. The number of carbonyl (C=O) groups is 1. The molecule has 6 nitrogen and oxygen atoms in total. The first-order chi connectivity index (χ1) is 10.7. The Kier molecular flexibility index (Phi) is 6.38. The fourth-order valence-corrected chi connectivity index (χ4v) is 2.61. The minimum absolute atomic E-state index is 0. The third kappa shape index (κ3) is 4.67. The second-order valence-electron chi connectivity index (χ2n) is 5.25. The first-order valence-electron chi connectivity index (χ1n) is 7.29. The molecule has 1 saturated heterocycles. The maximum Gasteiger partial charge on any atom is 0.228 e. The van der Waals surface area contributed by atoms with Crippen molar-refractivity contribution in [1.82, 2.24) is 20.8 Å². The molecule has 124 valence electrons. The highest BCUT2D eigenvalue weighted by Gasteiger charge is 2.21. The SMILES string of the molecule is Cl.O=C(NCCc1nc(-c2cccc(Cl)c2)no1)C1CCNC1. The summed E-state index contributed by atoms with van der Waals surface area (Å²) in [5.74, 6) is 1.16. The minimum Gasteiger partial charge on any atom is -0.355 e. The van der Waals surface area contributed by atoms with Crippen LogP contribution in [0, 0.1) is 5.92 Å². The predicted molar refractivity (Wildman–Crippen MR) is 89.7 cm³/mol. The normalized spacial score (nSPS) is 16.8. The Morgan fingerprint density at radius 3 is 3.09 bits per heavy atom. The number of rotatable bonds is 5. The van der Waals surface area contributed by atoms with E-state index in [0.717, 1.165) is 25.1 Å². The Hall–Kier alpha value is -1.63. The highest BCUT2D eigenvalue weighted by Crippen LogP contribution is 2.19. The van der Waals surface area contributed by atoms with Crippen molar-refractivity contribution in [3.63, 3.8) is 0 Å². The molecule has 1 amide bonds. The number of nitrogens with one attached hydrogen (secondary N) is 2. The van der Waals surface area contributed by atoms with E-state index in [1.807, 2.05) is 12.1 Å². The van der Waals surface area contributed by atoms with Crippen molar-refractivity contribution in [2.75, 3.05) is 19.6 Å². The molecule has 0 bridgehead atoms. The van der Waals surface area contributed by atoms with Gasteiger partial charge in [-0.25, -0.2) is 0 Å². The molecule has 8 heteroatoms. The number of hydrogen-bond acceptors (Lipinski definition) is 5. The zero-order valence-electron chi connectivity index (χ0n) is 12.4. The van der Waals surface area contributed by atoms with E-state index < -0.39 is 0 Å². The van der Waals surface area contributed by atoms with E-state index in [0.29, 0.717) is 29.7 Å². The van der Waals surface area contributed by atoms with Gasteiger partial charge in [0.15, 0.2) is 0 Å². The lowest BCUT2D eigenvalue weighted by atomic mass is 10.1. The summed E-state index contributed by atoms with van der Waals surface area (Å²) >= 11 is 5.94. The molecule has 0 aliphatic carbocycles. The topological polar surface area (TPSA) is 80.1 Å². The van der Waals surface area contributed by atoms with Crippen molar-refractivity contribution in [2.24, 2.45) is 5.92 Å². The summed E-state index contributed by atoms with van der Waals surface area (Å²) in [6, 6.07) is 7.28. The summed E-state index contributed by atoms with van der Waals surface area (Å²) in [7, 11) is 0. The van der Waals surface area contributed by atoms with E-state index in [9.17, 15) is 4.79 Å². The van der Waals surface area contributed by atoms with Gasteiger partial charge in [-0.05, 0) is 25.1 Å². The van der Waals surface area contributed by atoms with Crippen molar-refractivity contribution < 1.29 is 9.32 Å². The number of hydrogen-bond donors (Lipinski definition) is 2. The van der Waals surface area contributed by atoms with E-state index in [1.165, 1.54) is 0 Å². The van der Waals surface area contributed by atoms with Crippen LogP contribution in [0.3, 0.4) is 0 Å². The average Bonchev–Trinajstić information content (AvgIpc) is 3.19. The van der Waals surface area contributed by atoms with E-state index in [2.05, 4.69) is 20.8 Å². The Morgan fingerprint density at radius 1 is 1.48 bits per heavy atom. The maximum absolute atomic E-state index is 11.9. The first kappa shape index (κ1) is 17.7. The van der Waals surface area contributed by atoms with Gasteiger partial charge in [-0.1, -0.05) is 28.9 Å².